The van der Waals surface area contributed by atoms with Crippen LogP contribution < -0.4 is 5.32 Å². The van der Waals surface area contributed by atoms with Crippen LogP contribution >= 0.6 is 0 Å². The van der Waals surface area contributed by atoms with Crippen LogP contribution in [0.1, 0.15) is 38.7 Å². The Bertz CT molecular complexity index is 986. The molecule has 7 heteroatoms. The number of aryl methyl sites for hydroxylation is 3. The van der Waals surface area contributed by atoms with Gasteiger partial charge in [0.15, 0.2) is 0 Å². The van der Waals surface area contributed by atoms with Gasteiger partial charge >= 0.3 is 0 Å². The summed E-state index contributed by atoms with van der Waals surface area (Å²) in [6.07, 6.45) is 0. The van der Waals surface area contributed by atoms with Gasteiger partial charge in [0.1, 0.15) is 5.82 Å². The van der Waals surface area contributed by atoms with Gasteiger partial charge in [0.05, 0.1) is 34.9 Å². The Kier molecular flexibility index (Phi) is 4.63. The third kappa shape index (κ3) is 3.12. The Morgan fingerprint density at radius 3 is 2.38 bits per heavy atom. The molecule has 6 nitrogen and oxygen atoms in total. The standard InChI is InChI=1S/C19H22FN5O/c1-11-17(13(3)24(5)22-11)19(26)21-18-12(2)23-25(14(18)4)10-15-8-6-7-9-16(15)20/h6-9H,10H2,1-5H3,(H,21,26). The average Bonchev–Trinajstić information content (AvgIpc) is 2.99. The van der Waals surface area contributed by atoms with Gasteiger partial charge in [-0.15, -0.1) is 0 Å². The molecule has 136 valence electrons. The molecule has 0 aliphatic carbocycles. The van der Waals surface area contributed by atoms with Crippen LogP contribution in [0.25, 0.3) is 0 Å². The zero-order valence-electron chi connectivity index (χ0n) is 15.6. The number of carbonyl (C=O) groups excluding carboxylic acids is 1. The monoisotopic (exact) mass is 355 g/mol. The normalized spacial score (nSPS) is 11.0. The lowest BCUT2D eigenvalue weighted by Gasteiger charge is -2.08. The molecule has 0 saturated carbocycles. The lowest BCUT2D eigenvalue weighted by molar-refractivity contribution is 0.102. The average molecular weight is 355 g/mol. The van der Waals surface area contributed by atoms with Gasteiger partial charge in [0.2, 0.25) is 0 Å². The first-order valence-corrected chi connectivity index (χ1v) is 8.38. The molecule has 0 bridgehead atoms. The Balaban J connectivity index is 1.89. The highest BCUT2D eigenvalue weighted by Gasteiger charge is 2.21. The van der Waals surface area contributed by atoms with Gasteiger partial charge in [-0.3, -0.25) is 14.2 Å². The van der Waals surface area contributed by atoms with Crippen LogP contribution in [-0.2, 0) is 13.6 Å². The van der Waals surface area contributed by atoms with E-state index in [0.717, 1.165) is 11.4 Å². The lowest BCUT2D eigenvalue weighted by Crippen LogP contribution is -2.15. The highest BCUT2D eigenvalue weighted by atomic mass is 19.1. The summed E-state index contributed by atoms with van der Waals surface area (Å²) in [4.78, 5) is 12.7. The summed E-state index contributed by atoms with van der Waals surface area (Å²) in [6.45, 7) is 7.66. The highest BCUT2D eigenvalue weighted by molar-refractivity contribution is 6.06. The van der Waals surface area contributed by atoms with Crippen molar-refractivity contribution in [2.75, 3.05) is 5.32 Å². The fourth-order valence-electron chi connectivity index (χ4n) is 3.10. The topological polar surface area (TPSA) is 64.7 Å². The van der Waals surface area contributed by atoms with Crippen molar-refractivity contribution in [2.45, 2.75) is 34.2 Å². The smallest absolute Gasteiger partial charge is 0.259 e. The molecule has 2 aromatic heterocycles. The van der Waals surface area contributed by atoms with Gasteiger partial charge in [0.25, 0.3) is 5.91 Å². The van der Waals surface area contributed by atoms with E-state index in [0.29, 0.717) is 34.7 Å². The van der Waals surface area contributed by atoms with E-state index in [1.807, 2.05) is 34.7 Å². The van der Waals surface area contributed by atoms with Crippen LogP contribution in [0.3, 0.4) is 0 Å². The first kappa shape index (κ1) is 17.8. The summed E-state index contributed by atoms with van der Waals surface area (Å²) in [7, 11) is 1.81. The zero-order chi connectivity index (χ0) is 19.0. The van der Waals surface area contributed by atoms with E-state index in [4.69, 9.17) is 0 Å². The predicted molar refractivity (Wildman–Crippen MR) is 97.8 cm³/mol. The lowest BCUT2D eigenvalue weighted by atomic mass is 10.1. The molecular weight excluding hydrogens is 333 g/mol. The second-order valence-corrected chi connectivity index (χ2v) is 6.42. The van der Waals surface area contributed by atoms with Gasteiger partial charge in [-0.05, 0) is 33.8 Å². The Morgan fingerprint density at radius 1 is 1.08 bits per heavy atom. The van der Waals surface area contributed by atoms with E-state index < -0.39 is 0 Å². The Morgan fingerprint density at radius 2 is 1.77 bits per heavy atom. The van der Waals surface area contributed by atoms with Crippen molar-refractivity contribution in [3.8, 4) is 0 Å². The number of aromatic nitrogens is 4. The van der Waals surface area contributed by atoms with Gasteiger partial charge in [-0.1, -0.05) is 18.2 Å². The Labute approximate surface area is 151 Å². The van der Waals surface area contributed by atoms with Gasteiger partial charge in [0, 0.05) is 18.3 Å². The van der Waals surface area contributed by atoms with E-state index >= 15 is 0 Å². The van der Waals surface area contributed by atoms with Gasteiger partial charge in [-0.2, -0.15) is 10.2 Å². The molecule has 0 aliphatic rings. The van der Waals surface area contributed by atoms with E-state index in [-0.39, 0.29) is 11.7 Å². The molecule has 0 radical (unpaired) electrons. The van der Waals surface area contributed by atoms with Crippen molar-refractivity contribution in [3.63, 3.8) is 0 Å². The zero-order valence-corrected chi connectivity index (χ0v) is 15.6. The summed E-state index contributed by atoms with van der Waals surface area (Å²) in [5, 5.41) is 11.7. The summed E-state index contributed by atoms with van der Waals surface area (Å²) in [5.74, 6) is -0.489. The van der Waals surface area contributed by atoms with Crippen LogP contribution in [0.15, 0.2) is 24.3 Å². The molecule has 0 atom stereocenters. The number of carbonyl (C=O) groups is 1. The molecule has 0 fully saturated rings. The predicted octanol–water partition coefficient (Wildman–Crippen LogP) is 3.29. The fraction of sp³-hybridized carbons (Fsp3) is 0.316. The fourth-order valence-corrected chi connectivity index (χ4v) is 3.10. The molecule has 1 N–H and O–H groups in total. The van der Waals surface area contributed by atoms with Crippen molar-refractivity contribution in [2.24, 2.45) is 7.05 Å². The minimum Gasteiger partial charge on any atom is -0.319 e. The third-order valence-electron chi connectivity index (χ3n) is 4.63. The van der Waals surface area contributed by atoms with Crippen molar-refractivity contribution >= 4 is 11.6 Å². The van der Waals surface area contributed by atoms with Crippen LogP contribution in [0.2, 0.25) is 0 Å². The minimum absolute atomic E-state index is 0.218. The second kappa shape index (κ2) is 6.74. The van der Waals surface area contributed by atoms with Gasteiger partial charge < -0.3 is 5.32 Å². The van der Waals surface area contributed by atoms with E-state index in [1.165, 1.54) is 6.07 Å². The largest absolute Gasteiger partial charge is 0.319 e. The minimum atomic E-state index is -0.271. The van der Waals surface area contributed by atoms with Crippen LogP contribution in [0.5, 0.6) is 0 Å². The molecule has 0 aliphatic heterocycles. The molecule has 3 rings (SSSR count). The number of halogens is 1. The molecule has 3 aromatic rings. The second-order valence-electron chi connectivity index (χ2n) is 6.42. The number of nitrogens with one attached hydrogen (secondary N) is 1. The highest BCUT2D eigenvalue weighted by Crippen LogP contribution is 2.23. The number of amides is 1. The molecule has 1 aromatic carbocycles. The molecule has 0 unspecified atom stereocenters. The molecule has 1 amide bonds. The number of anilines is 1. The summed E-state index contributed by atoms with van der Waals surface area (Å²) < 4.78 is 17.3. The summed E-state index contributed by atoms with van der Waals surface area (Å²) >= 11 is 0. The maximum atomic E-state index is 13.9. The van der Waals surface area contributed by atoms with Crippen LogP contribution in [0.4, 0.5) is 10.1 Å². The van der Waals surface area contributed by atoms with Crippen LogP contribution in [0, 0.1) is 33.5 Å². The number of rotatable bonds is 4. The summed E-state index contributed by atoms with van der Waals surface area (Å²) in [6, 6.07) is 6.61. The molecular formula is C19H22FN5O. The first-order chi connectivity index (χ1) is 12.3. The van der Waals surface area contributed by atoms with Gasteiger partial charge in [-0.25, -0.2) is 4.39 Å². The molecule has 26 heavy (non-hydrogen) atoms. The SMILES string of the molecule is Cc1nn(Cc2ccccc2F)c(C)c1NC(=O)c1c(C)nn(C)c1C. The third-order valence-corrected chi connectivity index (χ3v) is 4.63. The van der Waals surface area contributed by atoms with E-state index in [1.54, 1.807) is 27.6 Å². The molecule has 0 spiro atoms. The quantitative estimate of drug-likeness (QED) is 0.781. The Hall–Kier alpha value is -2.96. The number of hydrogen-bond acceptors (Lipinski definition) is 3. The van der Waals surface area contributed by atoms with Crippen molar-refractivity contribution in [1.82, 2.24) is 19.6 Å². The maximum absolute atomic E-state index is 13.9. The molecule has 0 saturated heterocycles. The summed E-state index contributed by atoms with van der Waals surface area (Å²) in [5.41, 5.74) is 4.70. The molecule has 2 heterocycles. The number of nitrogens with zero attached hydrogens (tertiary/aromatic N) is 4. The van der Waals surface area contributed by atoms with Crippen molar-refractivity contribution in [3.05, 3.63) is 64.0 Å². The van der Waals surface area contributed by atoms with Crippen molar-refractivity contribution in [1.29, 1.82) is 0 Å². The van der Waals surface area contributed by atoms with E-state index in [2.05, 4.69) is 15.5 Å². The first-order valence-electron chi connectivity index (χ1n) is 8.38. The van der Waals surface area contributed by atoms with E-state index in [9.17, 15) is 9.18 Å². The number of hydrogen-bond donors (Lipinski definition) is 1. The van der Waals surface area contributed by atoms with Crippen LogP contribution in [-0.4, -0.2) is 25.5 Å². The number of benzene rings is 1. The van der Waals surface area contributed by atoms with Crippen molar-refractivity contribution < 1.29 is 9.18 Å². The maximum Gasteiger partial charge on any atom is 0.259 e.